The maximum atomic E-state index is 5.51. The van der Waals surface area contributed by atoms with E-state index in [1.54, 1.807) is 18.0 Å². The van der Waals surface area contributed by atoms with Crippen molar-refractivity contribution in [3.63, 3.8) is 0 Å². The van der Waals surface area contributed by atoms with E-state index in [4.69, 9.17) is 5.73 Å². The van der Waals surface area contributed by atoms with Crippen LogP contribution in [-0.4, -0.2) is 16.0 Å². The molecule has 0 bridgehead atoms. The number of rotatable bonds is 3. The molecule has 0 saturated heterocycles. The Labute approximate surface area is 63.7 Å². The highest BCUT2D eigenvalue weighted by Crippen LogP contribution is 2.21. The topological polar surface area (TPSA) is 54.7 Å². The Balaban J connectivity index is 2.56. The number of hydrogen-bond donors (Lipinski definition) is 2. The molecule has 3 nitrogen and oxygen atoms in total. The van der Waals surface area contributed by atoms with E-state index < -0.39 is 0 Å². The fraction of sp³-hybridized carbons (Fsp3) is 0.167. The summed E-state index contributed by atoms with van der Waals surface area (Å²) in [5, 5.41) is 6.42. The summed E-state index contributed by atoms with van der Waals surface area (Å²) in [5.74, 6) is 1.50. The normalized spacial score (nSPS) is 9.60. The van der Waals surface area contributed by atoms with E-state index in [1.165, 1.54) is 0 Å². The zero-order chi connectivity index (χ0) is 7.40. The highest BCUT2D eigenvalue weighted by molar-refractivity contribution is 7.99. The van der Waals surface area contributed by atoms with Crippen LogP contribution in [0.15, 0.2) is 23.7 Å². The molecular weight excluding hydrogens is 146 g/mol. The van der Waals surface area contributed by atoms with E-state index in [2.05, 4.69) is 16.8 Å². The van der Waals surface area contributed by atoms with Crippen LogP contribution in [0.25, 0.3) is 0 Å². The van der Waals surface area contributed by atoms with Crippen LogP contribution in [0.4, 0.5) is 5.82 Å². The zero-order valence-electron chi connectivity index (χ0n) is 5.50. The third-order valence-corrected chi connectivity index (χ3v) is 2.03. The minimum absolute atomic E-state index is 0.631. The Hall–Kier alpha value is -0.900. The Morgan fingerprint density at radius 2 is 2.70 bits per heavy atom. The summed E-state index contributed by atoms with van der Waals surface area (Å²) in [7, 11) is 0. The van der Waals surface area contributed by atoms with Gasteiger partial charge in [-0.1, -0.05) is 6.08 Å². The molecule has 3 N–H and O–H groups in total. The lowest BCUT2D eigenvalue weighted by atomic mass is 10.7. The zero-order valence-corrected chi connectivity index (χ0v) is 6.32. The second-order valence-electron chi connectivity index (χ2n) is 1.75. The van der Waals surface area contributed by atoms with Gasteiger partial charge in [0.2, 0.25) is 0 Å². The van der Waals surface area contributed by atoms with Crippen molar-refractivity contribution in [3.05, 3.63) is 18.9 Å². The molecule has 0 fully saturated rings. The van der Waals surface area contributed by atoms with Crippen molar-refractivity contribution in [3.8, 4) is 0 Å². The maximum absolute atomic E-state index is 5.51. The summed E-state index contributed by atoms with van der Waals surface area (Å²) in [5.41, 5.74) is 5.51. The molecule has 1 heterocycles. The molecule has 0 spiro atoms. The molecule has 4 heteroatoms. The van der Waals surface area contributed by atoms with Gasteiger partial charge in [-0.3, -0.25) is 5.10 Å². The SMILES string of the molecule is C=CCSc1cn[nH]c1N. The molecule has 10 heavy (non-hydrogen) atoms. The quantitative estimate of drug-likeness (QED) is 0.510. The summed E-state index contributed by atoms with van der Waals surface area (Å²) in [6, 6.07) is 0. The summed E-state index contributed by atoms with van der Waals surface area (Å²) < 4.78 is 0. The lowest BCUT2D eigenvalue weighted by Crippen LogP contribution is -1.85. The number of hydrogen-bond acceptors (Lipinski definition) is 3. The number of nitrogens with two attached hydrogens (primary N) is 1. The number of H-pyrrole nitrogens is 1. The van der Waals surface area contributed by atoms with Crippen LogP contribution in [0, 0.1) is 0 Å². The lowest BCUT2D eigenvalue weighted by molar-refractivity contribution is 1.10. The summed E-state index contributed by atoms with van der Waals surface area (Å²) in [6.07, 6.45) is 3.54. The van der Waals surface area contributed by atoms with Gasteiger partial charge in [0.25, 0.3) is 0 Å². The molecule has 0 radical (unpaired) electrons. The minimum Gasteiger partial charge on any atom is -0.383 e. The van der Waals surface area contributed by atoms with Crippen molar-refractivity contribution >= 4 is 17.6 Å². The van der Waals surface area contributed by atoms with Gasteiger partial charge in [-0.2, -0.15) is 5.10 Å². The van der Waals surface area contributed by atoms with E-state index >= 15 is 0 Å². The molecule has 0 atom stereocenters. The number of thioether (sulfide) groups is 1. The van der Waals surface area contributed by atoms with Crippen molar-refractivity contribution in [1.29, 1.82) is 0 Å². The van der Waals surface area contributed by atoms with Gasteiger partial charge in [0.05, 0.1) is 11.1 Å². The third kappa shape index (κ3) is 1.54. The first-order valence-corrected chi connectivity index (χ1v) is 3.85. The van der Waals surface area contributed by atoms with E-state index in [0.717, 1.165) is 10.6 Å². The molecule has 1 aromatic rings. The molecule has 1 rings (SSSR count). The van der Waals surface area contributed by atoms with Gasteiger partial charge in [-0.05, 0) is 0 Å². The van der Waals surface area contributed by atoms with E-state index in [9.17, 15) is 0 Å². The minimum atomic E-state index is 0.631. The third-order valence-electron chi connectivity index (χ3n) is 0.989. The Bertz CT molecular complexity index is 219. The number of nitrogen functional groups attached to an aromatic ring is 1. The monoisotopic (exact) mass is 155 g/mol. The first kappa shape index (κ1) is 7.21. The molecule has 0 aliphatic rings. The number of aromatic nitrogens is 2. The van der Waals surface area contributed by atoms with Crippen LogP contribution >= 0.6 is 11.8 Å². The Morgan fingerprint density at radius 1 is 1.90 bits per heavy atom. The largest absolute Gasteiger partial charge is 0.383 e. The predicted molar refractivity (Wildman–Crippen MR) is 43.9 cm³/mol. The van der Waals surface area contributed by atoms with E-state index in [-0.39, 0.29) is 0 Å². The second kappa shape index (κ2) is 3.31. The van der Waals surface area contributed by atoms with Gasteiger partial charge in [0, 0.05) is 5.75 Å². The van der Waals surface area contributed by atoms with Crippen LogP contribution in [0.5, 0.6) is 0 Å². The average Bonchev–Trinajstić information content (AvgIpc) is 2.31. The first-order chi connectivity index (χ1) is 4.84. The fourth-order valence-corrected chi connectivity index (χ4v) is 1.17. The first-order valence-electron chi connectivity index (χ1n) is 2.87. The highest BCUT2D eigenvalue weighted by atomic mass is 32.2. The summed E-state index contributed by atoms with van der Waals surface area (Å²) >= 11 is 1.62. The predicted octanol–water partition coefficient (Wildman–Crippen LogP) is 1.27. The van der Waals surface area contributed by atoms with Crippen LogP contribution in [0.1, 0.15) is 0 Å². The van der Waals surface area contributed by atoms with Crippen LogP contribution < -0.4 is 5.73 Å². The number of aromatic amines is 1. The molecule has 0 amide bonds. The Morgan fingerprint density at radius 3 is 3.20 bits per heavy atom. The van der Waals surface area contributed by atoms with Crippen molar-refractivity contribution in [1.82, 2.24) is 10.2 Å². The number of nitrogens with one attached hydrogen (secondary N) is 1. The second-order valence-corrected chi connectivity index (χ2v) is 2.81. The van der Waals surface area contributed by atoms with E-state index in [1.807, 2.05) is 6.08 Å². The lowest BCUT2D eigenvalue weighted by Gasteiger charge is -1.91. The molecule has 0 unspecified atom stereocenters. The van der Waals surface area contributed by atoms with Gasteiger partial charge < -0.3 is 5.73 Å². The van der Waals surface area contributed by atoms with Crippen LogP contribution in [-0.2, 0) is 0 Å². The fourth-order valence-electron chi connectivity index (χ4n) is 0.549. The average molecular weight is 155 g/mol. The molecule has 1 aromatic heterocycles. The van der Waals surface area contributed by atoms with Crippen molar-refractivity contribution < 1.29 is 0 Å². The van der Waals surface area contributed by atoms with E-state index in [0.29, 0.717) is 5.82 Å². The van der Waals surface area contributed by atoms with Crippen molar-refractivity contribution in [2.24, 2.45) is 0 Å². The summed E-state index contributed by atoms with van der Waals surface area (Å²) in [6.45, 7) is 3.60. The molecule has 0 saturated carbocycles. The maximum Gasteiger partial charge on any atom is 0.132 e. The molecule has 0 aliphatic carbocycles. The smallest absolute Gasteiger partial charge is 0.132 e. The van der Waals surface area contributed by atoms with Crippen molar-refractivity contribution in [2.75, 3.05) is 11.5 Å². The molecule has 0 aromatic carbocycles. The van der Waals surface area contributed by atoms with Gasteiger partial charge >= 0.3 is 0 Å². The summed E-state index contributed by atoms with van der Waals surface area (Å²) in [4.78, 5) is 0.986. The standard InChI is InChI=1S/C6H9N3S/c1-2-3-10-5-4-8-9-6(5)7/h2,4H,1,3H2,(H3,7,8,9). The molecular formula is C6H9N3S. The highest BCUT2D eigenvalue weighted by Gasteiger charge is 1.98. The van der Waals surface area contributed by atoms with Gasteiger partial charge in [-0.15, -0.1) is 18.3 Å². The number of nitrogens with zero attached hydrogens (tertiary/aromatic N) is 1. The van der Waals surface area contributed by atoms with Gasteiger partial charge in [0.15, 0.2) is 0 Å². The number of anilines is 1. The van der Waals surface area contributed by atoms with Crippen LogP contribution in [0.2, 0.25) is 0 Å². The van der Waals surface area contributed by atoms with Gasteiger partial charge in [0.1, 0.15) is 5.82 Å². The van der Waals surface area contributed by atoms with Crippen molar-refractivity contribution in [2.45, 2.75) is 4.90 Å². The Kier molecular flexibility index (Phi) is 2.39. The molecule has 0 aliphatic heterocycles. The van der Waals surface area contributed by atoms with Gasteiger partial charge in [-0.25, -0.2) is 0 Å². The molecule has 54 valence electrons. The van der Waals surface area contributed by atoms with Crippen LogP contribution in [0.3, 0.4) is 0 Å².